The summed E-state index contributed by atoms with van der Waals surface area (Å²) in [6.45, 7) is 6.67. The molecule has 0 bridgehead atoms. The van der Waals surface area contributed by atoms with Gasteiger partial charge in [-0.25, -0.2) is 0 Å². The first-order chi connectivity index (χ1) is 10.4. The van der Waals surface area contributed by atoms with Gasteiger partial charge in [0.25, 0.3) is 0 Å². The zero-order valence-electron chi connectivity index (χ0n) is 13.4. The van der Waals surface area contributed by atoms with Crippen LogP contribution in [0, 0.1) is 17.2 Å². The fourth-order valence-electron chi connectivity index (χ4n) is 1.99. The second-order valence-electron chi connectivity index (χ2n) is 5.61. The molecule has 1 aromatic rings. The lowest BCUT2D eigenvalue weighted by Gasteiger charge is -2.21. The number of nitrogens with one attached hydrogen (secondary N) is 1. The SMILES string of the molecule is CC(=O)N(CCC(=O)NCCC(C)C)c1ccc(C#N)cc1. The third kappa shape index (κ3) is 5.96. The first-order valence-electron chi connectivity index (χ1n) is 7.49. The van der Waals surface area contributed by atoms with Crippen LogP contribution in [0.15, 0.2) is 24.3 Å². The van der Waals surface area contributed by atoms with Crippen LogP contribution in [0.2, 0.25) is 0 Å². The van der Waals surface area contributed by atoms with E-state index in [1.807, 2.05) is 6.07 Å². The zero-order chi connectivity index (χ0) is 16.5. The Hall–Kier alpha value is -2.35. The fraction of sp³-hybridized carbons (Fsp3) is 0.471. The van der Waals surface area contributed by atoms with Crippen molar-refractivity contribution in [2.45, 2.75) is 33.6 Å². The van der Waals surface area contributed by atoms with Gasteiger partial charge in [0.1, 0.15) is 0 Å². The Labute approximate surface area is 131 Å². The Morgan fingerprint density at radius 2 is 1.91 bits per heavy atom. The van der Waals surface area contributed by atoms with Crippen molar-refractivity contribution in [3.8, 4) is 6.07 Å². The van der Waals surface area contributed by atoms with Crippen LogP contribution in [-0.4, -0.2) is 24.9 Å². The molecule has 0 saturated heterocycles. The van der Waals surface area contributed by atoms with Gasteiger partial charge in [-0.15, -0.1) is 0 Å². The summed E-state index contributed by atoms with van der Waals surface area (Å²) in [7, 11) is 0. The number of amides is 2. The smallest absolute Gasteiger partial charge is 0.223 e. The Kier molecular flexibility index (Phi) is 7.11. The van der Waals surface area contributed by atoms with E-state index in [1.165, 1.54) is 6.92 Å². The van der Waals surface area contributed by atoms with Crippen LogP contribution < -0.4 is 10.2 Å². The van der Waals surface area contributed by atoms with Crippen LogP contribution in [0.25, 0.3) is 0 Å². The van der Waals surface area contributed by atoms with E-state index in [4.69, 9.17) is 5.26 Å². The van der Waals surface area contributed by atoms with Crippen LogP contribution in [0.4, 0.5) is 5.69 Å². The highest BCUT2D eigenvalue weighted by atomic mass is 16.2. The molecule has 22 heavy (non-hydrogen) atoms. The first-order valence-corrected chi connectivity index (χ1v) is 7.49. The molecule has 0 aliphatic carbocycles. The van der Waals surface area contributed by atoms with Gasteiger partial charge < -0.3 is 10.2 Å². The lowest BCUT2D eigenvalue weighted by atomic mass is 10.1. The molecule has 0 aliphatic rings. The van der Waals surface area contributed by atoms with E-state index in [0.29, 0.717) is 30.3 Å². The number of nitrogens with zero attached hydrogens (tertiary/aromatic N) is 2. The monoisotopic (exact) mass is 301 g/mol. The Morgan fingerprint density at radius 3 is 2.41 bits per heavy atom. The van der Waals surface area contributed by atoms with Crippen LogP contribution >= 0.6 is 0 Å². The van der Waals surface area contributed by atoms with Gasteiger partial charge in [-0.2, -0.15) is 5.26 Å². The molecule has 118 valence electrons. The second kappa shape index (κ2) is 8.83. The van der Waals surface area contributed by atoms with E-state index in [-0.39, 0.29) is 18.2 Å². The fourth-order valence-corrected chi connectivity index (χ4v) is 1.99. The largest absolute Gasteiger partial charge is 0.356 e. The number of rotatable bonds is 7. The van der Waals surface area contributed by atoms with Gasteiger partial charge in [-0.1, -0.05) is 13.8 Å². The maximum atomic E-state index is 11.8. The van der Waals surface area contributed by atoms with Crippen LogP contribution in [0.1, 0.15) is 39.2 Å². The predicted molar refractivity (Wildman–Crippen MR) is 86.3 cm³/mol. The van der Waals surface area contributed by atoms with Gasteiger partial charge in [0.15, 0.2) is 0 Å². The van der Waals surface area contributed by atoms with Crippen LogP contribution in [0.5, 0.6) is 0 Å². The summed E-state index contributed by atoms with van der Waals surface area (Å²) >= 11 is 0. The minimum absolute atomic E-state index is 0.0551. The number of anilines is 1. The van der Waals surface area contributed by atoms with Crippen molar-refractivity contribution in [2.75, 3.05) is 18.0 Å². The van der Waals surface area contributed by atoms with E-state index in [2.05, 4.69) is 19.2 Å². The molecule has 0 spiro atoms. The molecular formula is C17H23N3O2. The third-order valence-electron chi connectivity index (χ3n) is 3.29. The maximum Gasteiger partial charge on any atom is 0.223 e. The van der Waals surface area contributed by atoms with E-state index in [9.17, 15) is 9.59 Å². The average Bonchev–Trinajstić information content (AvgIpc) is 2.47. The quantitative estimate of drug-likeness (QED) is 0.840. The third-order valence-corrected chi connectivity index (χ3v) is 3.29. The van der Waals surface area contributed by atoms with Crippen molar-refractivity contribution in [1.29, 1.82) is 5.26 Å². The molecule has 1 rings (SSSR count). The van der Waals surface area contributed by atoms with Gasteiger partial charge in [0, 0.05) is 32.1 Å². The van der Waals surface area contributed by atoms with Gasteiger partial charge in [-0.05, 0) is 36.6 Å². The summed E-state index contributed by atoms with van der Waals surface area (Å²) in [6.07, 6.45) is 1.20. The molecule has 0 radical (unpaired) electrons. The van der Waals surface area contributed by atoms with Crippen LogP contribution in [0.3, 0.4) is 0 Å². The lowest BCUT2D eigenvalue weighted by Crippen LogP contribution is -2.34. The number of hydrogen-bond donors (Lipinski definition) is 1. The number of benzene rings is 1. The Morgan fingerprint density at radius 1 is 1.27 bits per heavy atom. The van der Waals surface area contributed by atoms with E-state index < -0.39 is 0 Å². The lowest BCUT2D eigenvalue weighted by molar-refractivity contribution is -0.121. The van der Waals surface area contributed by atoms with Crippen molar-refractivity contribution in [1.82, 2.24) is 5.32 Å². The standard InChI is InChI=1S/C17H23N3O2/c1-13(2)8-10-19-17(22)9-11-20(14(3)21)16-6-4-15(12-18)5-7-16/h4-7,13H,8-11H2,1-3H3,(H,19,22). The predicted octanol–water partition coefficient (Wildman–Crippen LogP) is 2.46. The summed E-state index contributed by atoms with van der Waals surface area (Å²) in [5.74, 6) is 0.368. The molecule has 2 amide bonds. The molecule has 0 unspecified atom stereocenters. The summed E-state index contributed by atoms with van der Waals surface area (Å²) < 4.78 is 0. The summed E-state index contributed by atoms with van der Waals surface area (Å²) in [5, 5.41) is 11.6. The minimum Gasteiger partial charge on any atom is -0.356 e. The van der Waals surface area contributed by atoms with Gasteiger partial charge in [-0.3, -0.25) is 9.59 Å². The normalized spacial score (nSPS) is 10.1. The summed E-state index contributed by atoms with van der Waals surface area (Å²) in [6, 6.07) is 8.80. The maximum absolute atomic E-state index is 11.8. The van der Waals surface area contributed by atoms with E-state index >= 15 is 0 Å². The van der Waals surface area contributed by atoms with Crippen molar-refractivity contribution >= 4 is 17.5 Å². The number of carbonyl (C=O) groups is 2. The topological polar surface area (TPSA) is 73.2 Å². The number of nitriles is 1. The summed E-state index contributed by atoms with van der Waals surface area (Å²) in [5.41, 5.74) is 1.24. The van der Waals surface area contributed by atoms with E-state index in [1.54, 1.807) is 29.2 Å². The van der Waals surface area contributed by atoms with Crippen molar-refractivity contribution in [3.63, 3.8) is 0 Å². The number of carbonyl (C=O) groups excluding carboxylic acids is 2. The molecule has 0 aliphatic heterocycles. The summed E-state index contributed by atoms with van der Waals surface area (Å²) in [4.78, 5) is 25.1. The molecular weight excluding hydrogens is 278 g/mol. The van der Waals surface area contributed by atoms with Gasteiger partial charge >= 0.3 is 0 Å². The Bertz CT molecular complexity index is 544. The van der Waals surface area contributed by atoms with Crippen molar-refractivity contribution < 1.29 is 9.59 Å². The van der Waals surface area contributed by atoms with Crippen molar-refractivity contribution in [3.05, 3.63) is 29.8 Å². The van der Waals surface area contributed by atoms with Gasteiger partial charge in [0.05, 0.1) is 11.6 Å². The first kappa shape index (κ1) is 17.7. The molecule has 1 N–H and O–H groups in total. The van der Waals surface area contributed by atoms with E-state index in [0.717, 1.165) is 6.42 Å². The molecule has 1 aromatic carbocycles. The molecule has 0 heterocycles. The molecule has 5 nitrogen and oxygen atoms in total. The van der Waals surface area contributed by atoms with Gasteiger partial charge in [0.2, 0.25) is 11.8 Å². The van der Waals surface area contributed by atoms with Crippen LogP contribution in [-0.2, 0) is 9.59 Å². The molecule has 0 fully saturated rings. The number of hydrogen-bond acceptors (Lipinski definition) is 3. The minimum atomic E-state index is -0.125. The highest BCUT2D eigenvalue weighted by molar-refractivity contribution is 5.92. The Balaban J connectivity index is 2.56. The molecule has 5 heteroatoms. The molecule has 0 aromatic heterocycles. The molecule has 0 saturated carbocycles. The zero-order valence-corrected chi connectivity index (χ0v) is 13.4. The second-order valence-corrected chi connectivity index (χ2v) is 5.61. The highest BCUT2D eigenvalue weighted by Crippen LogP contribution is 2.15. The highest BCUT2D eigenvalue weighted by Gasteiger charge is 2.13. The van der Waals surface area contributed by atoms with Crippen molar-refractivity contribution in [2.24, 2.45) is 5.92 Å². The molecule has 0 atom stereocenters. The average molecular weight is 301 g/mol.